The van der Waals surface area contributed by atoms with Crippen LogP contribution in [-0.2, 0) is 0 Å². The molecule has 0 saturated heterocycles. The van der Waals surface area contributed by atoms with Crippen LogP contribution >= 0.6 is 27.5 Å². The van der Waals surface area contributed by atoms with Crippen LogP contribution in [0.2, 0.25) is 5.02 Å². The quantitative estimate of drug-likeness (QED) is 0.850. The van der Waals surface area contributed by atoms with Crippen LogP contribution in [0, 0.1) is 0 Å². The highest BCUT2D eigenvalue weighted by molar-refractivity contribution is 9.10. The van der Waals surface area contributed by atoms with Crippen molar-refractivity contribution in [2.45, 2.75) is 10.9 Å². The van der Waals surface area contributed by atoms with Gasteiger partial charge in [0.15, 0.2) is 6.10 Å². The molecule has 2 aromatic rings. The molecule has 0 saturated carbocycles. The third-order valence-corrected chi connectivity index (χ3v) is 3.12. The second-order valence-electron chi connectivity index (χ2n) is 3.48. The van der Waals surface area contributed by atoms with Crippen molar-refractivity contribution in [1.29, 1.82) is 0 Å². The van der Waals surface area contributed by atoms with E-state index in [1.165, 1.54) is 18.3 Å². The van der Waals surface area contributed by atoms with Crippen LogP contribution in [0.15, 0.2) is 30.5 Å². The average Bonchev–Trinajstić information content (AvgIpc) is 2.28. The average molecular weight is 323 g/mol. The number of alkyl halides is 3. The van der Waals surface area contributed by atoms with Gasteiger partial charge in [0.05, 0.1) is 5.52 Å². The monoisotopic (exact) mass is 321 g/mol. The number of benzene rings is 1. The first-order valence-electron chi connectivity index (χ1n) is 4.69. The van der Waals surface area contributed by atoms with E-state index in [9.17, 15) is 13.9 Å². The fraction of sp³-hybridized carbons (Fsp3) is 0.182. The second kappa shape index (κ2) is 4.48. The molecule has 1 unspecified atom stereocenters. The predicted octanol–water partition coefficient (Wildman–Crippen LogP) is 3.91. The number of pyridine rings is 1. The molecule has 1 aromatic heterocycles. The minimum absolute atomic E-state index is 0.0341. The number of hydrogen-bond donors (Lipinski definition) is 1. The molecule has 2 nitrogen and oxygen atoms in total. The summed E-state index contributed by atoms with van der Waals surface area (Å²) in [4.78, 5) is 0.567. The Balaban J connectivity index is 2.67. The maximum atomic E-state index is 13.0. The van der Waals surface area contributed by atoms with E-state index >= 15 is 0 Å². The van der Waals surface area contributed by atoms with E-state index < -0.39 is 10.9 Å². The Morgan fingerprint density at radius 2 is 2.06 bits per heavy atom. The van der Waals surface area contributed by atoms with Gasteiger partial charge in [-0.3, -0.25) is 4.98 Å². The van der Waals surface area contributed by atoms with Gasteiger partial charge in [-0.25, -0.2) is 0 Å². The van der Waals surface area contributed by atoms with Crippen molar-refractivity contribution in [2.24, 2.45) is 0 Å². The number of hydrogen-bond acceptors (Lipinski definition) is 2. The molecule has 1 heterocycles. The number of fused-ring (bicyclic) bond motifs is 1. The maximum Gasteiger partial charge on any atom is 0.330 e. The van der Waals surface area contributed by atoms with Crippen LogP contribution < -0.4 is 0 Å². The summed E-state index contributed by atoms with van der Waals surface area (Å²) in [5.74, 6) is 0. The molecular weight excluding hydrogens is 315 g/mol. The Labute approximate surface area is 109 Å². The predicted molar refractivity (Wildman–Crippen MR) is 65.6 cm³/mol. The molecule has 0 aliphatic rings. The highest BCUT2D eigenvalue weighted by atomic mass is 79.9. The van der Waals surface area contributed by atoms with Gasteiger partial charge in [0.2, 0.25) is 0 Å². The first kappa shape index (κ1) is 12.7. The van der Waals surface area contributed by atoms with Crippen molar-refractivity contribution >= 4 is 38.4 Å². The highest BCUT2D eigenvalue weighted by Gasteiger charge is 2.37. The smallest absolute Gasteiger partial charge is 0.330 e. The lowest BCUT2D eigenvalue weighted by molar-refractivity contribution is -0.0287. The molecule has 6 heteroatoms. The number of aliphatic hydroxyl groups is 1. The van der Waals surface area contributed by atoms with E-state index in [-0.39, 0.29) is 11.1 Å². The Bertz CT molecular complexity index is 559. The summed E-state index contributed by atoms with van der Waals surface area (Å²) in [6, 6.07) is 6.12. The standard InChI is InChI=1S/C11H7BrClF2NO/c12-11(14,15)10(17)7-3-4-8(13)6-2-1-5-16-9(6)7/h1-5,10,17H. The van der Waals surface area contributed by atoms with Crippen LogP contribution in [0.4, 0.5) is 8.78 Å². The van der Waals surface area contributed by atoms with Gasteiger partial charge in [-0.15, -0.1) is 0 Å². The first-order chi connectivity index (χ1) is 7.91. The van der Waals surface area contributed by atoms with Crippen molar-refractivity contribution in [3.63, 3.8) is 0 Å². The van der Waals surface area contributed by atoms with Gasteiger partial charge in [0, 0.05) is 22.2 Å². The number of nitrogens with zero attached hydrogens (tertiary/aromatic N) is 1. The van der Waals surface area contributed by atoms with Crippen LogP contribution in [-0.4, -0.2) is 14.9 Å². The first-order valence-corrected chi connectivity index (χ1v) is 5.86. The van der Waals surface area contributed by atoms with Gasteiger partial charge in [0.1, 0.15) is 0 Å². The van der Waals surface area contributed by atoms with E-state index in [4.69, 9.17) is 11.6 Å². The Kier molecular flexibility index (Phi) is 3.34. The fourth-order valence-electron chi connectivity index (χ4n) is 1.56. The number of rotatable bonds is 2. The van der Waals surface area contributed by atoms with E-state index in [2.05, 4.69) is 20.9 Å². The second-order valence-corrected chi connectivity index (χ2v) is 4.94. The third kappa shape index (κ3) is 2.41. The van der Waals surface area contributed by atoms with Crippen LogP contribution in [0.3, 0.4) is 0 Å². The van der Waals surface area contributed by atoms with Crippen LogP contribution in [0.1, 0.15) is 11.7 Å². The topological polar surface area (TPSA) is 33.1 Å². The van der Waals surface area contributed by atoms with Gasteiger partial charge in [-0.2, -0.15) is 8.78 Å². The summed E-state index contributed by atoms with van der Waals surface area (Å²) >= 11 is 8.07. The normalized spacial score (nSPS) is 13.9. The minimum Gasteiger partial charge on any atom is -0.381 e. The largest absolute Gasteiger partial charge is 0.381 e. The van der Waals surface area contributed by atoms with Gasteiger partial charge >= 0.3 is 4.83 Å². The van der Waals surface area contributed by atoms with E-state index in [0.717, 1.165) is 0 Å². The van der Waals surface area contributed by atoms with E-state index in [1.807, 2.05) is 0 Å². The lowest BCUT2D eigenvalue weighted by Crippen LogP contribution is -2.18. The third-order valence-electron chi connectivity index (χ3n) is 2.35. The van der Waals surface area contributed by atoms with Gasteiger partial charge in [-0.05, 0) is 34.1 Å². The summed E-state index contributed by atoms with van der Waals surface area (Å²) < 4.78 is 26.1. The zero-order valence-electron chi connectivity index (χ0n) is 8.37. The van der Waals surface area contributed by atoms with E-state index in [1.54, 1.807) is 12.1 Å². The molecule has 0 spiro atoms. The lowest BCUT2D eigenvalue weighted by Gasteiger charge is -2.18. The molecule has 0 fully saturated rings. The molecule has 0 radical (unpaired) electrons. The van der Waals surface area contributed by atoms with Crippen LogP contribution in [0.5, 0.6) is 0 Å². The van der Waals surface area contributed by atoms with Crippen molar-refractivity contribution < 1.29 is 13.9 Å². The molecule has 0 aliphatic carbocycles. The van der Waals surface area contributed by atoms with Crippen LogP contribution in [0.25, 0.3) is 10.9 Å². The Morgan fingerprint density at radius 1 is 1.35 bits per heavy atom. The summed E-state index contributed by atoms with van der Waals surface area (Å²) in [7, 11) is 0. The molecule has 17 heavy (non-hydrogen) atoms. The molecule has 0 bridgehead atoms. The maximum absolute atomic E-state index is 13.0. The molecule has 2 rings (SSSR count). The summed E-state index contributed by atoms with van der Waals surface area (Å²) in [6.07, 6.45) is -0.515. The molecular formula is C11H7BrClF2NO. The highest BCUT2D eigenvalue weighted by Crippen LogP contribution is 2.39. The molecule has 0 aliphatic heterocycles. The fourth-order valence-corrected chi connectivity index (χ4v) is 2.02. The number of aromatic nitrogens is 1. The summed E-state index contributed by atoms with van der Waals surface area (Å²) in [6.45, 7) is 0. The van der Waals surface area contributed by atoms with Crippen molar-refractivity contribution in [3.05, 3.63) is 41.0 Å². The van der Waals surface area contributed by atoms with E-state index in [0.29, 0.717) is 10.4 Å². The molecule has 0 amide bonds. The summed E-state index contributed by atoms with van der Waals surface area (Å²) in [5.41, 5.74) is 0.304. The van der Waals surface area contributed by atoms with Gasteiger partial charge < -0.3 is 5.11 Å². The SMILES string of the molecule is OC(c1ccc(Cl)c2cccnc12)C(F)(F)Br. The molecule has 90 valence electrons. The van der Waals surface area contributed by atoms with Crippen molar-refractivity contribution in [1.82, 2.24) is 4.98 Å². The summed E-state index contributed by atoms with van der Waals surface area (Å²) in [5, 5.41) is 10.5. The van der Waals surface area contributed by atoms with Gasteiger partial charge in [-0.1, -0.05) is 17.7 Å². The molecule has 1 atom stereocenters. The van der Waals surface area contributed by atoms with Crippen molar-refractivity contribution in [3.8, 4) is 0 Å². The number of halogens is 4. The Hall–Kier alpha value is -0.780. The van der Waals surface area contributed by atoms with Gasteiger partial charge in [0.25, 0.3) is 0 Å². The van der Waals surface area contributed by atoms with Crippen molar-refractivity contribution in [2.75, 3.05) is 0 Å². The zero-order valence-corrected chi connectivity index (χ0v) is 10.7. The Morgan fingerprint density at radius 3 is 2.71 bits per heavy atom. The number of aliphatic hydroxyl groups excluding tert-OH is 1. The minimum atomic E-state index is -3.41. The molecule has 1 N–H and O–H groups in total. The lowest BCUT2D eigenvalue weighted by atomic mass is 10.1. The molecule has 1 aromatic carbocycles. The zero-order chi connectivity index (χ0) is 12.6.